The summed E-state index contributed by atoms with van der Waals surface area (Å²) in [4.78, 5) is 8.16. The van der Waals surface area contributed by atoms with Gasteiger partial charge in [0.25, 0.3) is 0 Å². The molecule has 1 aromatic carbocycles. The highest BCUT2D eigenvalue weighted by atomic mass is 32.2. The Morgan fingerprint density at radius 2 is 1.72 bits per heavy atom. The Labute approximate surface area is 186 Å². The van der Waals surface area contributed by atoms with Crippen molar-refractivity contribution in [3.63, 3.8) is 0 Å². The van der Waals surface area contributed by atoms with Crippen LogP contribution in [0.1, 0.15) is 23.7 Å². The highest BCUT2D eigenvalue weighted by molar-refractivity contribution is 7.87. The van der Waals surface area contributed by atoms with Crippen molar-refractivity contribution in [2.45, 2.75) is 20.0 Å². The molecule has 0 bridgehead atoms. The normalized spacial score (nSPS) is 11.3. The third-order valence-electron chi connectivity index (χ3n) is 4.59. The van der Waals surface area contributed by atoms with Gasteiger partial charge >= 0.3 is 10.1 Å². The summed E-state index contributed by atoms with van der Waals surface area (Å²) in [6.07, 6.45) is 3.70. The molecule has 0 aliphatic rings. The minimum atomic E-state index is -3.71. The van der Waals surface area contributed by atoms with Crippen LogP contribution in [0.15, 0.2) is 77.6 Å². The Kier molecular flexibility index (Phi) is 6.46. The van der Waals surface area contributed by atoms with Crippen LogP contribution in [0.4, 0.5) is 0 Å². The first-order chi connectivity index (χ1) is 15.5. The highest BCUT2D eigenvalue weighted by Gasteiger charge is 2.18. The first-order valence-electron chi connectivity index (χ1n) is 9.97. The molecule has 0 saturated carbocycles. The second-order valence-corrected chi connectivity index (χ2v) is 8.78. The largest absolute Gasteiger partial charge is 0.473 e. The van der Waals surface area contributed by atoms with E-state index in [9.17, 15) is 8.42 Å². The lowest BCUT2D eigenvalue weighted by atomic mass is 10.1. The number of ether oxygens (including phenoxy) is 1. The van der Waals surface area contributed by atoms with Crippen LogP contribution in [0.5, 0.6) is 11.8 Å². The van der Waals surface area contributed by atoms with Crippen molar-refractivity contribution >= 4 is 10.1 Å². The van der Waals surface area contributed by atoms with Crippen LogP contribution in [0, 0.1) is 0 Å². The van der Waals surface area contributed by atoms with Crippen molar-refractivity contribution < 1.29 is 21.9 Å². The zero-order chi connectivity index (χ0) is 22.4. The molecule has 4 aromatic rings. The minimum absolute atomic E-state index is 0.0330. The van der Waals surface area contributed by atoms with Gasteiger partial charge in [-0.2, -0.15) is 8.42 Å². The third-order valence-corrected chi connectivity index (χ3v) is 5.71. The summed E-state index contributed by atoms with van der Waals surface area (Å²) in [6, 6.07) is 18.6. The van der Waals surface area contributed by atoms with Crippen molar-refractivity contribution in [3.05, 3.63) is 89.9 Å². The molecule has 164 valence electrons. The number of hydrogen-bond donors (Lipinski definition) is 0. The molecule has 0 unspecified atom stereocenters. The monoisotopic (exact) mass is 451 g/mol. The topological polar surface area (TPSA) is 104 Å². The van der Waals surface area contributed by atoms with Gasteiger partial charge in [-0.05, 0) is 36.2 Å². The van der Waals surface area contributed by atoms with Crippen LogP contribution in [-0.4, -0.2) is 29.3 Å². The van der Waals surface area contributed by atoms with Gasteiger partial charge in [0.15, 0.2) is 5.76 Å². The summed E-state index contributed by atoms with van der Waals surface area (Å²) >= 11 is 0. The predicted octanol–water partition coefficient (Wildman–Crippen LogP) is 4.03. The van der Waals surface area contributed by atoms with Crippen LogP contribution in [-0.2, 0) is 23.1 Å². The van der Waals surface area contributed by atoms with Gasteiger partial charge in [0.05, 0.1) is 17.0 Å². The van der Waals surface area contributed by atoms with E-state index in [1.54, 1.807) is 24.4 Å². The minimum Gasteiger partial charge on any atom is -0.473 e. The van der Waals surface area contributed by atoms with Crippen LogP contribution < -0.4 is 8.92 Å². The van der Waals surface area contributed by atoms with Gasteiger partial charge in [-0.1, -0.05) is 35.5 Å². The standard InChI is InChI=1S/C23H21N3O5S/c1-2-32(27,28)31-23-20(6-5-13-25-23)21-15-19(26-30-21)14-17-8-10-18(11-9-17)16-29-22-7-3-4-12-24-22/h3-13,15H,2,14,16H2,1H3. The van der Waals surface area contributed by atoms with Gasteiger partial charge in [0.2, 0.25) is 11.8 Å². The van der Waals surface area contributed by atoms with E-state index in [1.807, 2.05) is 42.5 Å². The molecule has 9 heteroatoms. The molecule has 3 aromatic heterocycles. The van der Waals surface area contributed by atoms with Crippen LogP contribution in [0.25, 0.3) is 11.3 Å². The predicted molar refractivity (Wildman–Crippen MR) is 118 cm³/mol. The van der Waals surface area contributed by atoms with E-state index in [1.165, 1.54) is 13.1 Å². The molecule has 3 heterocycles. The number of rotatable bonds is 9. The maximum Gasteiger partial charge on any atom is 0.310 e. The Hall–Kier alpha value is -3.72. The summed E-state index contributed by atoms with van der Waals surface area (Å²) in [5.41, 5.74) is 3.19. The lowest BCUT2D eigenvalue weighted by molar-refractivity contribution is 0.294. The fraction of sp³-hybridized carbons (Fsp3) is 0.174. The Morgan fingerprint density at radius 1 is 0.938 bits per heavy atom. The average molecular weight is 452 g/mol. The maximum atomic E-state index is 11.8. The van der Waals surface area contributed by atoms with Crippen molar-refractivity contribution in [2.75, 3.05) is 5.75 Å². The number of benzene rings is 1. The maximum absolute atomic E-state index is 11.8. The molecule has 0 aliphatic heterocycles. The van der Waals surface area contributed by atoms with Gasteiger partial charge < -0.3 is 13.4 Å². The number of pyridine rings is 2. The molecule has 0 spiro atoms. The third kappa shape index (κ3) is 5.50. The molecule has 0 saturated heterocycles. The summed E-state index contributed by atoms with van der Waals surface area (Å²) in [6.45, 7) is 1.93. The highest BCUT2D eigenvalue weighted by Crippen LogP contribution is 2.29. The van der Waals surface area contributed by atoms with Crippen molar-refractivity contribution in [1.82, 2.24) is 15.1 Å². The lowest BCUT2D eigenvalue weighted by Gasteiger charge is -2.06. The summed E-state index contributed by atoms with van der Waals surface area (Å²) in [5.74, 6) is 0.773. The fourth-order valence-corrected chi connectivity index (χ4v) is 3.39. The van der Waals surface area contributed by atoms with E-state index < -0.39 is 10.1 Å². The summed E-state index contributed by atoms with van der Waals surface area (Å²) in [7, 11) is -3.71. The van der Waals surface area contributed by atoms with E-state index >= 15 is 0 Å². The van der Waals surface area contributed by atoms with E-state index in [2.05, 4.69) is 15.1 Å². The molecule has 0 radical (unpaired) electrons. The SMILES string of the molecule is CCS(=O)(=O)Oc1ncccc1-c1cc(Cc2ccc(COc3ccccn3)cc2)no1. The summed E-state index contributed by atoms with van der Waals surface area (Å²) in [5, 5.41) is 4.10. The van der Waals surface area contributed by atoms with E-state index in [-0.39, 0.29) is 11.6 Å². The number of nitrogens with zero attached hydrogens (tertiary/aromatic N) is 3. The Morgan fingerprint density at radius 3 is 2.47 bits per heavy atom. The molecule has 8 nitrogen and oxygen atoms in total. The molecule has 0 fully saturated rings. The smallest absolute Gasteiger partial charge is 0.310 e. The first-order valence-corrected chi connectivity index (χ1v) is 11.5. The quantitative estimate of drug-likeness (QED) is 0.351. The molecular weight excluding hydrogens is 430 g/mol. The van der Waals surface area contributed by atoms with Gasteiger partial charge in [0.1, 0.15) is 6.61 Å². The second kappa shape index (κ2) is 9.61. The van der Waals surface area contributed by atoms with E-state index in [0.717, 1.165) is 11.1 Å². The van der Waals surface area contributed by atoms with Gasteiger partial charge in [0, 0.05) is 30.9 Å². The van der Waals surface area contributed by atoms with Crippen molar-refractivity contribution in [1.29, 1.82) is 0 Å². The van der Waals surface area contributed by atoms with Crippen LogP contribution in [0.2, 0.25) is 0 Å². The number of hydrogen-bond acceptors (Lipinski definition) is 8. The molecule has 0 atom stereocenters. The Balaban J connectivity index is 1.43. The fourth-order valence-electron chi connectivity index (χ4n) is 2.90. The molecule has 0 amide bonds. The zero-order valence-corrected chi connectivity index (χ0v) is 18.2. The van der Waals surface area contributed by atoms with E-state index in [4.69, 9.17) is 13.4 Å². The van der Waals surface area contributed by atoms with Gasteiger partial charge in [-0.25, -0.2) is 9.97 Å². The van der Waals surface area contributed by atoms with E-state index in [0.29, 0.717) is 35.9 Å². The molecule has 32 heavy (non-hydrogen) atoms. The molecule has 4 rings (SSSR count). The van der Waals surface area contributed by atoms with Gasteiger partial charge in [-0.3, -0.25) is 0 Å². The van der Waals surface area contributed by atoms with Crippen molar-refractivity contribution in [2.24, 2.45) is 0 Å². The molecular formula is C23H21N3O5S. The van der Waals surface area contributed by atoms with Crippen molar-refractivity contribution in [3.8, 4) is 23.1 Å². The lowest BCUT2D eigenvalue weighted by Crippen LogP contribution is -2.12. The summed E-state index contributed by atoms with van der Waals surface area (Å²) < 4.78 is 39.8. The van der Waals surface area contributed by atoms with Gasteiger partial charge in [-0.15, -0.1) is 0 Å². The zero-order valence-electron chi connectivity index (χ0n) is 17.3. The number of aromatic nitrogens is 3. The molecule has 0 aliphatic carbocycles. The van der Waals surface area contributed by atoms with Crippen LogP contribution in [0.3, 0.4) is 0 Å². The average Bonchev–Trinajstić information content (AvgIpc) is 3.28. The van der Waals surface area contributed by atoms with Crippen LogP contribution >= 0.6 is 0 Å². The Bertz CT molecular complexity index is 1270. The second-order valence-electron chi connectivity index (χ2n) is 6.92. The first kappa shape index (κ1) is 21.5. The molecule has 0 N–H and O–H groups in total.